The Labute approximate surface area is 145 Å². The SMILES string of the molecule is CC(C)(C)NC(=O)CNC(=O)c1cccnc1Nc1cccc(F)c1. The Kier molecular flexibility index (Phi) is 5.69. The van der Waals surface area contributed by atoms with Gasteiger partial charge in [-0.1, -0.05) is 6.07 Å². The molecular weight excluding hydrogens is 323 g/mol. The number of carbonyl (C=O) groups is 2. The first kappa shape index (κ1) is 18.4. The third-order valence-corrected chi connectivity index (χ3v) is 3.06. The molecule has 0 spiro atoms. The first-order valence-electron chi connectivity index (χ1n) is 7.81. The van der Waals surface area contributed by atoms with E-state index in [1.807, 2.05) is 20.8 Å². The van der Waals surface area contributed by atoms with Gasteiger partial charge in [0.25, 0.3) is 5.91 Å². The average molecular weight is 344 g/mol. The van der Waals surface area contributed by atoms with Crippen molar-refractivity contribution in [2.45, 2.75) is 26.3 Å². The molecule has 1 aromatic carbocycles. The highest BCUT2D eigenvalue weighted by molar-refractivity contribution is 6.00. The summed E-state index contributed by atoms with van der Waals surface area (Å²) in [6.45, 7) is 5.42. The molecule has 2 aromatic rings. The third kappa shape index (κ3) is 5.87. The predicted octanol–water partition coefficient (Wildman–Crippen LogP) is 2.61. The Morgan fingerprint density at radius 3 is 2.60 bits per heavy atom. The van der Waals surface area contributed by atoms with E-state index in [0.717, 1.165) is 0 Å². The van der Waals surface area contributed by atoms with E-state index in [4.69, 9.17) is 0 Å². The molecule has 6 nitrogen and oxygen atoms in total. The molecule has 1 aromatic heterocycles. The molecule has 0 atom stereocenters. The second kappa shape index (κ2) is 7.74. The molecule has 0 saturated heterocycles. The van der Waals surface area contributed by atoms with E-state index in [2.05, 4.69) is 20.9 Å². The van der Waals surface area contributed by atoms with Gasteiger partial charge in [0.05, 0.1) is 12.1 Å². The van der Waals surface area contributed by atoms with Gasteiger partial charge in [0, 0.05) is 17.4 Å². The number of aromatic nitrogens is 1. The van der Waals surface area contributed by atoms with Crippen molar-refractivity contribution in [2.24, 2.45) is 0 Å². The van der Waals surface area contributed by atoms with E-state index < -0.39 is 11.7 Å². The standard InChI is InChI=1S/C18H21FN4O2/c1-18(2,3)23-15(24)11-21-17(25)14-8-5-9-20-16(14)22-13-7-4-6-12(19)10-13/h4-10H,11H2,1-3H3,(H,20,22)(H,21,25)(H,23,24). The zero-order chi connectivity index (χ0) is 18.4. The lowest BCUT2D eigenvalue weighted by Crippen LogP contribution is -2.45. The fraction of sp³-hybridized carbons (Fsp3) is 0.278. The number of amides is 2. The molecule has 3 N–H and O–H groups in total. The Hall–Kier alpha value is -2.96. The maximum atomic E-state index is 13.3. The lowest BCUT2D eigenvalue weighted by atomic mass is 10.1. The van der Waals surface area contributed by atoms with Gasteiger partial charge in [0.1, 0.15) is 11.6 Å². The number of anilines is 2. The molecule has 0 fully saturated rings. The number of nitrogens with one attached hydrogen (secondary N) is 3. The number of carbonyl (C=O) groups excluding carboxylic acids is 2. The van der Waals surface area contributed by atoms with Gasteiger partial charge < -0.3 is 16.0 Å². The van der Waals surface area contributed by atoms with Crippen LogP contribution in [0, 0.1) is 5.82 Å². The normalized spacial score (nSPS) is 10.9. The van der Waals surface area contributed by atoms with Gasteiger partial charge in [0.2, 0.25) is 5.91 Å². The van der Waals surface area contributed by atoms with Gasteiger partial charge in [-0.05, 0) is 51.1 Å². The van der Waals surface area contributed by atoms with E-state index in [1.54, 1.807) is 24.3 Å². The van der Waals surface area contributed by atoms with Crippen LogP contribution in [0.1, 0.15) is 31.1 Å². The molecule has 2 amide bonds. The van der Waals surface area contributed by atoms with Gasteiger partial charge in [-0.2, -0.15) is 0 Å². The van der Waals surface area contributed by atoms with Gasteiger partial charge in [0.15, 0.2) is 0 Å². The van der Waals surface area contributed by atoms with Crippen molar-refractivity contribution in [2.75, 3.05) is 11.9 Å². The van der Waals surface area contributed by atoms with Crippen molar-refractivity contribution in [3.63, 3.8) is 0 Å². The summed E-state index contributed by atoms with van der Waals surface area (Å²) in [7, 11) is 0. The number of hydrogen-bond donors (Lipinski definition) is 3. The highest BCUT2D eigenvalue weighted by Gasteiger charge is 2.16. The topological polar surface area (TPSA) is 83.1 Å². The lowest BCUT2D eigenvalue weighted by molar-refractivity contribution is -0.121. The Bertz CT molecular complexity index is 772. The van der Waals surface area contributed by atoms with Crippen LogP contribution in [0.5, 0.6) is 0 Å². The van der Waals surface area contributed by atoms with Crippen molar-refractivity contribution >= 4 is 23.3 Å². The van der Waals surface area contributed by atoms with E-state index in [9.17, 15) is 14.0 Å². The molecule has 0 unspecified atom stereocenters. The van der Waals surface area contributed by atoms with Gasteiger partial charge >= 0.3 is 0 Å². The molecule has 0 aliphatic heterocycles. The molecule has 0 saturated carbocycles. The van der Waals surface area contributed by atoms with Crippen LogP contribution in [0.25, 0.3) is 0 Å². The Morgan fingerprint density at radius 2 is 1.92 bits per heavy atom. The molecule has 25 heavy (non-hydrogen) atoms. The van der Waals surface area contributed by atoms with Crippen molar-refractivity contribution in [3.05, 3.63) is 54.0 Å². The monoisotopic (exact) mass is 344 g/mol. The molecule has 1 heterocycles. The highest BCUT2D eigenvalue weighted by atomic mass is 19.1. The maximum Gasteiger partial charge on any atom is 0.255 e. The molecule has 0 aliphatic rings. The lowest BCUT2D eigenvalue weighted by Gasteiger charge is -2.20. The number of rotatable bonds is 5. The van der Waals surface area contributed by atoms with E-state index >= 15 is 0 Å². The van der Waals surface area contributed by atoms with E-state index in [-0.39, 0.29) is 29.4 Å². The first-order chi connectivity index (χ1) is 11.7. The Morgan fingerprint density at radius 1 is 1.16 bits per heavy atom. The number of hydrogen-bond acceptors (Lipinski definition) is 4. The molecular formula is C18H21FN4O2. The summed E-state index contributed by atoms with van der Waals surface area (Å²) in [6.07, 6.45) is 1.52. The molecule has 0 bridgehead atoms. The molecule has 132 valence electrons. The number of benzene rings is 1. The summed E-state index contributed by atoms with van der Waals surface area (Å²) in [6, 6.07) is 9.03. The van der Waals surface area contributed by atoms with Crippen molar-refractivity contribution in [1.29, 1.82) is 0 Å². The molecule has 7 heteroatoms. The van der Waals surface area contributed by atoms with Gasteiger partial charge in [-0.15, -0.1) is 0 Å². The van der Waals surface area contributed by atoms with Crippen molar-refractivity contribution in [1.82, 2.24) is 15.6 Å². The zero-order valence-electron chi connectivity index (χ0n) is 14.4. The van der Waals surface area contributed by atoms with Crippen molar-refractivity contribution < 1.29 is 14.0 Å². The summed E-state index contributed by atoms with van der Waals surface area (Å²) < 4.78 is 13.3. The van der Waals surface area contributed by atoms with E-state index in [0.29, 0.717) is 5.69 Å². The number of halogens is 1. The second-order valence-corrected chi connectivity index (χ2v) is 6.52. The van der Waals surface area contributed by atoms with E-state index in [1.165, 1.54) is 18.3 Å². The van der Waals surface area contributed by atoms with Crippen LogP contribution in [0.3, 0.4) is 0 Å². The average Bonchev–Trinajstić information content (AvgIpc) is 2.51. The highest BCUT2D eigenvalue weighted by Crippen LogP contribution is 2.19. The molecule has 0 radical (unpaired) electrons. The minimum atomic E-state index is -0.448. The minimum Gasteiger partial charge on any atom is -0.350 e. The third-order valence-electron chi connectivity index (χ3n) is 3.06. The quantitative estimate of drug-likeness (QED) is 0.779. The second-order valence-electron chi connectivity index (χ2n) is 6.52. The summed E-state index contributed by atoms with van der Waals surface area (Å²) in [5.41, 5.74) is 0.355. The predicted molar refractivity (Wildman–Crippen MR) is 94.1 cm³/mol. The molecule has 2 rings (SSSR count). The van der Waals surface area contributed by atoms with Crippen LogP contribution >= 0.6 is 0 Å². The fourth-order valence-corrected chi connectivity index (χ4v) is 2.11. The van der Waals surface area contributed by atoms with Crippen LogP contribution < -0.4 is 16.0 Å². The van der Waals surface area contributed by atoms with Crippen LogP contribution in [0.2, 0.25) is 0 Å². The van der Waals surface area contributed by atoms with Crippen LogP contribution in [-0.4, -0.2) is 28.9 Å². The maximum absolute atomic E-state index is 13.3. The molecule has 0 aliphatic carbocycles. The summed E-state index contributed by atoms with van der Waals surface area (Å²) >= 11 is 0. The summed E-state index contributed by atoms with van der Waals surface area (Å²) in [5, 5.41) is 8.22. The van der Waals surface area contributed by atoms with Gasteiger partial charge in [-0.25, -0.2) is 9.37 Å². The minimum absolute atomic E-state index is 0.148. The number of nitrogens with zero attached hydrogens (tertiary/aromatic N) is 1. The largest absolute Gasteiger partial charge is 0.350 e. The van der Waals surface area contributed by atoms with Crippen LogP contribution in [0.4, 0.5) is 15.9 Å². The smallest absolute Gasteiger partial charge is 0.255 e. The van der Waals surface area contributed by atoms with Crippen molar-refractivity contribution in [3.8, 4) is 0 Å². The fourth-order valence-electron chi connectivity index (χ4n) is 2.11. The summed E-state index contributed by atoms with van der Waals surface area (Å²) in [4.78, 5) is 28.3. The number of pyridine rings is 1. The first-order valence-corrected chi connectivity index (χ1v) is 7.81. The Balaban J connectivity index is 2.06. The van der Waals surface area contributed by atoms with Gasteiger partial charge in [-0.3, -0.25) is 9.59 Å². The summed E-state index contributed by atoms with van der Waals surface area (Å²) in [5.74, 6) is -0.854. The zero-order valence-corrected chi connectivity index (χ0v) is 14.4. The van der Waals surface area contributed by atoms with Crippen LogP contribution in [-0.2, 0) is 4.79 Å². The van der Waals surface area contributed by atoms with Crippen LogP contribution in [0.15, 0.2) is 42.6 Å².